The lowest BCUT2D eigenvalue weighted by Crippen LogP contribution is -2.48. The van der Waals surface area contributed by atoms with Gasteiger partial charge in [-0.1, -0.05) is 19.1 Å². The molecule has 3 amide bonds. The zero-order chi connectivity index (χ0) is 16.5. The van der Waals surface area contributed by atoms with Crippen molar-refractivity contribution in [3.05, 3.63) is 35.6 Å². The minimum atomic E-state index is -0.704. The molecular weight excluding hydrogens is 289 g/mol. The van der Waals surface area contributed by atoms with Gasteiger partial charge in [0.2, 0.25) is 11.8 Å². The van der Waals surface area contributed by atoms with Gasteiger partial charge in [-0.2, -0.15) is 0 Å². The first-order valence-corrected chi connectivity index (χ1v) is 7.05. The molecule has 120 valence electrons. The maximum Gasteiger partial charge on any atom is 0.254 e. The minimum Gasteiger partial charge on any atom is -0.354 e. The highest BCUT2D eigenvalue weighted by atomic mass is 19.1. The number of amides is 3. The van der Waals surface area contributed by atoms with E-state index in [-0.39, 0.29) is 18.0 Å². The highest BCUT2D eigenvalue weighted by Crippen LogP contribution is 2.05. The molecule has 0 aromatic heterocycles. The smallest absolute Gasteiger partial charge is 0.254 e. The molecule has 0 saturated carbocycles. The molecular formula is C15H20FN3O3. The number of hydrogen-bond acceptors (Lipinski definition) is 3. The Bertz CT molecular complexity index is 549. The van der Waals surface area contributed by atoms with E-state index < -0.39 is 23.7 Å². The molecule has 0 fully saturated rings. The van der Waals surface area contributed by atoms with Crippen LogP contribution in [0.5, 0.6) is 0 Å². The largest absolute Gasteiger partial charge is 0.354 e. The fourth-order valence-electron chi connectivity index (χ4n) is 1.66. The van der Waals surface area contributed by atoms with Crippen molar-refractivity contribution in [2.24, 2.45) is 0 Å². The molecule has 0 spiro atoms. The first kappa shape index (κ1) is 17.6. The molecule has 1 atom stereocenters. The third-order valence-electron chi connectivity index (χ3n) is 2.85. The predicted octanol–water partition coefficient (Wildman–Crippen LogP) is 0.586. The van der Waals surface area contributed by atoms with Crippen LogP contribution in [0.3, 0.4) is 0 Å². The monoisotopic (exact) mass is 309 g/mol. The molecule has 7 heteroatoms. The Kier molecular flexibility index (Phi) is 7.01. The Morgan fingerprint density at radius 3 is 2.50 bits per heavy atom. The van der Waals surface area contributed by atoms with Crippen LogP contribution in [-0.4, -0.2) is 36.9 Å². The van der Waals surface area contributed by atoms with E-state index in [4.69, 9.17) is 0 Å². The summed E-state index contributed by atoms with van der Waals surface area (Å²) in [6, 6.07) is 4.77. The summed E-state index contributed by atoms with van der Waals surface area (Å²) in [5.41, 5.74) is -0.135. The van der Waals surface area contributed by atoms with E-state index in [1.165, 1.54) is 18.2 Å². The third kappa shape index (κ3) is 5.51. The second kappa shape index (κ2) is 8.76. The molecule has 1 aromatic carbocycles. The normalized spacial score (nSPS) is 11.4. The molecule has 3 N–H and O–H groups in total. The highest BCUT2D eigenvalue weighted by Gasteiger charge is 2.16. The van der Waals surface area contributed by atoms with E-state index in [9.17, 15) is 18.8 Å². The lowest BCUT2D eigenvalue weighted by molar-refractivity contribution is -0.128. The molecule has 0 aliphatic rings. The van der Waals surface area contributed by atoms with Crippen LogP contribution >= 0.6 is 0 Å². The second-order valence-electron chi connectivity index (χ2n) is 4.74. The number of nitrogens with one attached hydrogen (secondary N) is 3. The molecule has 0 heterocycles. The van der Waals surface area contributed by atoms with Crippen LogP contribution in [0.4, 0.5) is 4.39 Å². The lowest BCUT2D eigenvalue weighted by atomic mass is 10.2. The average Bonchev–Trinajstić information content (AvgIpc) is 2.50. The van der Waals surface area contributed by atoms with Crippen molar-refractivity contribution in [2.75, 3.05) is 13.1 Å². The first-order valence-electron chi connectivity index (χ1n) is 7.05. The predicted molar refractivity (Wildman–Crippen MR) is 79.6 cm³/mol. The Balaban J connectivity index is 2.41. The maximum absolute atomic E-state index is 13.4. The number of carbonyl (C=O) groups is 3. The van der Waals surface area contributed by atoms with Gasteiger partial charge in [-0.05, 0) is 25.5 Å². The molecule has 1 rings (SSSR count). The molecule has 0 aliphatic heterocycles. The maximum atomic E-state index is 13.4. The minimum absolute atomic E-state index is 0.135. The Morgan fingerprint density at radius 2 is 1.86 bits per heavy atom. The van der Waals surface area contributed by atoms with Crippen molar-refractivity contribution in [1.29, 1.82) is 0 Å². The number of halogens is 1. The lowest BCUT2D eigenvalue weighted by Gasteiger charge is -2.14. The first-order chi connectivity index (χ1) is 10.5. The fourth-order valence-corrected chi connectivity index (χ4v) is 1.66. The SMILES string of the molecule is CCCNC(=O)[C@H](C)NC(=O)CNC(=O)c1ccccc1F. The standard InChI is InChI=1S/C15H20FN3O3/c1-3-8-17-14(21)10(2)19-13(20)9-18-15(22)11-6-4-5-7-12(11)16/h4-7,10H,3,8-9H2,1-2H3,(H,17,21)(H,18,22)(H,19,20)/t10-/m0/s1. The fraction of sp³-hybridized carbons (Fsp3) is 0.400. The Hall–Kier alpha value is -2.44. The summed E-state index contributed by atoms with van der Waals surface area (Å²) in [6.45, 7) is 3.66. The molecule has 0 aliphatic carbocycles. The van der Waals surface area contributed by atoms with E-state index in [0.29, 0.717) is 6.54 Å². The number of rotatable bonds is 7. The van der Waals surface area contributed by atoms with Gasteiger partial charge in [-0.15, -0.1) is 0 Å². The molecule has 0 saturated heterocycles. The quantitative estimate of drug-likeness (QED) is 0.689. The van der Waals surface area contributed by atoms with Crippen LogP contribution in [0.25, 0.3) is 0 Å². The van der Waals surface area contributed by atoms with Crippen molar-refractivity contribution in [1.82, 2.24) is 16.0 Å². The summed E-state index contributed by atoms with van der Waals surface area (Å²) in [6.07, 6.45) is 0.797. The van der Waals surface area contributed by atoms with Crippen molar-refractivity contribution < 1.29 is 18.8 Å². The van der Waals surface area contributed by atoms with Gasteiger partial charge in [0.25, 0.3) is 5.91 Å². The molecule has 0 radical (unpaired) electrons. The Labute approximate surface area is 128 Å². The second-order valence-corrected chi connectivity index (χ2v) is 4.74. The van der Waals surface area contributed by atoms with Crippen molar-refractivity contribution in [2.45, 2.75) is 26.3 Å². The van der Waals surface area contributed by atoms with Gasteiger partial charge >= 0.3 is 0 Å². The third-order valence-corrected chi connectivity index (χ3v) is 2.85. The number of benzene rings is 1. The average molecular weight is 309 g/mol. The number of hydrogen-bond donors (Lipinski definition) is 3. The Morgan fingerprint density at radius 1 is 1.18 bits per heavy atom. The van der Waals surface area contributed by atoms with Crippen molar-refractivity contribution in [3.63, 3.8) is 0 Å². The van der Waals surface area contributed by atoms with E-state index in [1.807, 2.05) is 6.92 Å². The molecule has 1 aromatic rings. The van der Waals surface area contributed by atoms with Gasteiger partial charge in [0.05, 0.1) is 12.1 Å². The molecule has 0 bridgehead atoms. The zero-order valence-corrected chi connectivity index (χ0v) is 12.6. The summed E-state index contributed by atoms with van der Waals surface area (Å²) in [7, 11) is 0. The van der Waals surface area contributed by atoms with E-state index in [0.717, 1.165) is 12.5 Å². The van der Waals surface area contributed by atoms with Gasteiger partial charge < -0.3 is 16.0 Å². The van der Waals surface area contributed by atoms with Crippen LogP contribution in [0.1, 0.15) is 30.6 Å². The van der Waals surface area contributed by atoms with Crippen molar-refractivity contribution in [3.8, 4) is 0 Å². The van der Waals surface area contributed by atoms with E-state index in [2.05, 4.69) is 16.0 Å². The van der Waals surface area contributed by atoms with Crippen LogP contribution in [-0.2, 0) is 9.59 Å². The molecule has 0 unspecified atom stereocenters. The highest BCUT2D eigenvalue weighted by molar-refractivity contribution is 5.97. The van der Waals surface area contributed by atoms with Gasteiger partial charge in [0, 0.05) is 6.54 Å². The van der Waals surface area contributed by atoms with E-state index in [1.54, 1.807) is 6.92 Å². The number of carbonyl (C=O) groups excluding carboxylic acids is 3. The summed E-state index contributed by atoms with van der Waals surface area (Å²) in [5, 5.41) is 7.40. The van der Waals surface area contributed by atoms with Gasteiger partial charge in [0.15, 0.2) is 0 Å². The molecule has 6 nitrogen and oxygen atoms in total. The topological polar surface area (TPSA) is 87.3 Å². The summed E-state index contributed by atoms with van der Waals surface area (Å²) < 4.78 is 13.4. The van der Waals surface area contributed by atoms with Crippen LogP contribution < -0.4 is 16.0 Å². The van der Waals surface area contributed by atoms with Crippen LogP contribution in [0.2, 0.25) is 0 Å². The van der Waals surface area contributed by atoms with E-state index >= 15 is 0 Å². The summed E-state index contributed by atoms with van der Waals surface area (Å²) in [5.74, 6) is -2.16. The zero-order valence-electron chi connectivity index (χ0n) is 12.6. The molecule has 22 heavy (non-hydrogen) atoms. The van der Waals surface area contributed by atoms with Crippen LogP contribution in [0.15, 0.2) is 24.3 Å². The van der Waals surface area contributed by atoms with Gasteiger partial charge in [-0.3, -0.25) is 14.4 Å². The summed E-state index contributed by atoms with van der Waals surface area (Å²) in [4.78, 5) is 35.0. The van der Waals surface area contributed by atoms with Crippen molar-refractivity contribution >= 4 is 17.7 Å². The van der Waals surface area contributed by atoms with Gasteiger partial charge in [0.1, 0.15) is 11.9 Å². The van der Waals surface area contributed by atoms with Gasteiger partial charge in [-0.25, -0.2) is 4.39 Å². The summed E-state index contributed by atoms with van der Waals surface area (Å²) >= 11 is 0. The van der Waals surface area contributed by atoms with Crippen LogP contribution in [0, 0.1) is 5.82 Å².